The Bertz CT molecular complexity index is 482. The van der Waals surface area contributed by atoms with E-state index in [2.05, 4.69) is 0 Å². The zero-order valence-corrected chi connectivity index (χ0v) is 11.0. The van der Waals surface area contributed by atoms with E-state index in [4.69, 9.17) is 0 Å². The van der Waals surface area contributed by atoms with Crippen LogP contribution in [0.5, 0.6) is 11.5 Å². The smallest absolute Gasteiger partial charge is 0.115 e. The molecule has 2 aromatic rings. The lowest BCUT2D eigenvalue weighted by molar-refractivity contribution is 0.0206. The minimum absolute atomic E-state index is 0.174. The number of benzene rings is 2. The Hall–Kier alpha value is -2.04. The molecule has 0 aliphatic heterocycles. The van der Waals surface area contributed by atoms with Gasteiger partial charge in [0.2, 0.25) is 0 Å². The first-order chi connectivity index (χ1) is 9.54. The maximum absolute atomic E-state index is 9.99. The Morgan fingerprint density at radius 1 is 0.600 bits per heavy atom. The molecule has 0 bridgehead atoms. The monoisotopic (exact) mass is 274 g/mol. The van der Waals surface area contributed by atoms with Gasteiger partial charge in [0.1, 0.15) is 11.5 Å². The van der Waals surface area contributed by atoms with Gasteiger partial charge < -0.3 is 20.4 Å². The van der Waals surface area contributed by atoms with E-state index in [9.17, 15) is 20.4 Å². The molecule has 0 aliphatic carbocycles. The fraction of sp³-hybridized carbons (Fsp3) is 0.250. The van der Waals surface area contributed by atoms with Crippen molar-refractivity contribution in [2.24, 2.45) is 0 Å². The van der Waals surface area contributed by atoms with Crippen LogP contribution in [-0.4, -0.2) is 32.6 Å². The van der Waals surface area contributed by atoms with Gasteiger partial charge in [0.05, 0.1) is 12.2 Å². The lowest BCUT2D eigenvalue weighted by Gasteiger charge is -2.18. The number of aliphatic hydroxyl groups is 2. The highest BCUT2D eigenvalue weighted by Gasteiger charge is 2.17. The quantitative estimate of drug-likeness (QED) is 0.667. The lowest BCUT2D eigenvalue weighted by Crippen LogP contribution is -2.29. The predicted molar refractivity (Wildman–Crippen MR) is 75.6 cm³/mol. The van der Waals surface area contributed by atoms with E-state index in [1.165, 1.54) is 0 Å². The molecule has 2 rings (SSSR count). The van der Waals surface area contributed by atoms with Crippen molar-refractivity contribution in [3.8, 4) is 11.5 Å². The van der Waals surface area contributed by atoms with Crippen LogP contribution in [0, 0.1) is 0 Å². The molecular formula is C16H18O4. The molecule has 0 heterocycles. The summed E-state index contributed by atoms with van der Waals surface area (Å²) in [5, 5.41) is 38.4. The number of rotatable bonds is 5. The average Bonchev–Trinajstić information content (AvgIpc) is 2.44. The Morgan fingerprint density at radius 2 is 0.900 bits per heavy atom. The van der Waals surface area contributed by atoms with Gasteiger partial charge in [-0.15, -0.1) is 0 Å². The normalized spacial score (nSPS) is 13.9. The first-order valence-corrected chi connectivity index (χ1v) is 6.46. The maximum Gasteiger partial charge on any atom is 0.115 e. The van der Waals surface area contributed by atoms with Crippen molar-refractivity contribution < 1.29 is 20.4 Å². The Labute approximate surface area is 117 Å². The average molecular weight is 274 g/mol. The molecule has 0 fully saturated rings. The number of hydrogen-bond acceptors (Lipinski definition) is 4. The van der Waals surface area contributed by atoms with Crippen molar-refractivity contribution >= 4 is 0 Å². The molecule has 4 heteroatoms. The molecule has 2 aromatic carbocycles. The summed E-state index contributed by atoms with van der Waals surface area (Å²) in [6.07, 6.45) is -1.12. The molecule has 0 aliphatic rings. The molecule has 0 unspecified atom stereocenters. The van der Waals surface area contributed by atoms with Crippen LogP contribution < -0.4 is 0 Å². The van der Waals surface area contributed by atoms with Gasteiger partial charge in [-0.25, -0.2) is 0 Å². The summed E-state index contributed by atoms with van der Waals surface area (Å²) in [6, 6.07) is 13.1. The molecule has 0 amide bonds. The van der Waals surface area contributed by atoms with Crippen LogP contribution in [0.2, 0.25) is 0 Å². The summed E-state index contributed by atoms with van der Waals surface area (Å²) in [5.74, 6) is 0.348. The van der Waals surface area contributed by atoms with E-state index in [-0.39, 0.29) is 11.5 Å². The molecule has 0 radical (unpaired) electrons. The first-order valence-electron chi connectivity index (χ1n) is 6.46. The summed E-state index contributed by atoms with van der Waals surface area (Å²) >= 11 is 0. The summed E-state index contributed by atoms with van der Waals surface area (Å²) in [4.78, 5) is 0. The van der Waals surface area contributed by atoms with Crippen molar-refractivity contribution in [2.75, 3.05) is 0 Å². The molecule has 0 spiro atoms. The summed E-state index contributed by atoms with van der Waals surface area (Å²) < 4.78 is 0. The van der Waals surface area contributed by atoms with Crippen LogP contribution >= 0.6 is 0 Å². The fourth-order valence-electron chi connectivity index (χ4n) is 2.02. The van der Waals surface area contributed by atoms with Gasteiger partial charge in [0, 0.05) is 12.8 Å². The number of phenolic OH excluding ortho intramolecular Hbond substituents is 2. The number of phenols is 2. The van der Waals surface area contributed by atoms with Crippen molar-refractivity contribution in [3.63, 3.8) is 0 Å². The molecule has 0 saturated heterocycles. The Kier molecular flexibility index (Phi) is 4.61. The predicted octanol–water partition coefficient (Wildman–Crippen LogP) is 1.60. The molecule has 106 valence electrons. The van der Waals surface area contributed by atoms with Crippen LogP contribution in [0.4, 0.5) is 0 Å². The van der Waals surface area contributed by atoms with Gasteiger partial charge in [-0.1, -0.05) is 24.3 Å². The first kappa shape index (κ1) is 14.4. The van der Waals surface area contributed by atoms with Gasteiger partial charge in [0.25, 0.3) is 0 Å². The highest BCUT2D eigenvalue weighted by Crippen LogP contribution is 2.15. The zero-order chi connectivity index (χ0) is 14.5. The van der Waals surface area contributed by atoms with E-state index < -0.39 is 12.2 Å². The minimum Gasteiger partial charge on any atom is -0.508 e. The maximum atomic E-state index is 9.99. The fourth-order valence-corrected chi connectivity index (χ4v) is 2.02. The largest absolute Gasteiger partial charge is 0.508 e. The van der Waals surface area contributed by atoms with Crippen molar-refractivity contribution in [1.29, 1.82) is 0 Å². The number of aromatic hydroxyl groups is 2. The van der Waals surface area contributed by atoms with Gasteiger partial charge in [-0.3, -0.25) is 0 Å². The van der Waals surface area contributed by atoms with Gasteiger partial charge in [-0.05, 0) is 35.4 Å². The molecule has 4 nitrogen and oxygen atoms in total. The minimum atomic E-state index is -0.881. The summed E-state index contributed by atoms with van der Waals surface area (Å²) in [7, 11) is 0. The van der Waals surface area contributed by atoms with Gasteiger partial charge >= 0.3 is 0 Å². The highest BCUT2D eigenvalue weighted by molar-refractivity contribution is 5.27. The van der Waals surface area contributed by atoms with Crippen LogP contribution in [0.15, 0.2) is 48.5 Å². The third-order valence-electron chi connectivity index (χ3n) is 3.21. The van der Waals surface area contributed by atoms with E-state index in [1.807, 2.05) is 0 Å². The van der Waals surface area contributed by atoms with E-state index in [0.717, 1.165) is 11.1 Å². The molecule has 2 atom stereocenters. The van der Waals surface area contributed by atoms with Crippen LogP contribution in [0.25, 0.3) is 0 Å². The second kappa shape index (κ2) is 6.41. The molecule has 20 heavy (non-hydrogen) atoms. The van der Waals surface area contributed by atoms with Gasteiger partial charge in [-0.2, -0.15) is 0 Å². The van der Waals surface area contributed by atoms with E-state index in [1.54, 1.807) is 48.5 Å². The van der Waals surface area contributed by atoms with Crippen molar-refractivity contribution in [1.82, 2.24) is 0 Å². The Morgan fingerprint density at radius 3 is 1.20 bits per heavy atom. The highest BCUT2D eigenvalue weighted by atomic mass is 16.3. The molecule has 0 saturated carbocycles. The van der Waals surface area contributed by atoms with E-state index in [0.29, 0.717) is 12.8 Å². The SMILES string of the molecule is Oc1ccc(C[C@@H](O)[C@@H](O)Cc2ccc(O)cc2)cc1. The standard InChI is InChI=1S/C16H18O4/c17-13-5-1-11(2-6-13)9-15(19)16(20)10-12-3-7-14(18)8-4-12/h1-8,15-20H,9-10H2/t15-,16+. The Balaban J connectivity index is 1.93. The number of hydrogen-bond donors (Lipinski definition) is 4. The van der Waals surface area contributed by atoms with Crippen molar-refractivity contribution in [2.45, 2.75) is 25.0 Å². The van der Waals surface area contributed by atoms with Crippen molar-refractivity contribution in [3.05, 3.63) is 59.7 Å². The number of aliphatic hydroxyl groups excluding tert-OH is 2. The van der Waals surface area contributed by atoms with E-state index >= 15 is 0 Å². The topological polar surface area (TPSA) is 80.9 Å². The van der Waals surface area contributed by atoms with Crippen LogP contribution in [-0.2, 0) is 12.8 Å². The molecule has 0 aromatic heterocycles. The van der Waals surface area contributed by atoms with Crippen LogP contribution in [0.1, 0.15) is 11.1 Å². The second-order valence-electron chi connectivity index (χ2n) is 4.88. The zero-order valence-electron chi connectivity index (χ0n) is 11.0. The third kappa shape index (κ3) is 3.98. The van der Waals surface area contributed by atoms with Gasteiger partial charge in [0.15, 0.2) is 0 Å². The summed E-state index contributed by atoms with van der Waals surface area (Å²) in [5.41, 5.74) is 1.69. The second-order valence-corrected chi connectivity index (χ2v) is 4.88. The van der Waals surface area contributed by atoms with Crippen LogP contribution in [0.3, 0.4) is 0 Å². The molecular weight excluding hydrogens is 256 g/mol. The lowest BCUT2D eigenvalue weighted by atomic mass is 9.98. The molecule has 4 N–H and O–H groups in total. The third-order valence-corrected chi connectivity index (χ3v) is 3.21. The summed E-state index contributed by atoms with van der Waals surface area (Å²) in [6.45, 7) is 0.